The zero-order valence-electron chi connectivity index (χ0n) is 11.5. The number of nitro groups is 1. The highest BCUT2D eigenvalue weighted by atomic mass is 16.6. The van der Waals surface area contributed by atoms with Gasteiger partial charge in [-0.2, -0.15) is 0 Å². The first kappa shape index (κ1) is 13.4. The van der Waals surface area contributed by atoms with E-state index in [1.54, 1.807) is 6.07 Å². The Labute approximate surface area is 120 Å². The number of nitro benzene ring substituents is 1. The minimum atomic E-state index is -0.455. The van der Waals surface area contributed by atoms with Gasteiger partial charge < -0.3 is 10.3 Å². The molecule has 1 aromatic carbocycles. The molecule has 2 heterocycles. The fourth-order valence-corrected chi connectivity index (χ4v) is 2.46. The molecule has 0 fully saturated rings. The Bertz CT molecular complexity index is 782. The van der Waals surface area contributed by atoms with Gasteiger partial charge in [-0.05, 0) is 12.5 Å². The van der Waals surface area contributed by atoms with Gasteiger partial charge in [0.15, 0.2) is 0 Å². The van der Waals surface area contributed by atoms with Crippen LogP contribution in [0, 0.1) is 17.0 Å². The minimum absolute atomic E-state index is 0.0161. The van der Waals surface area contributed by atoms with Crippen molar-refractivity contribution in [1.82, 2.24) is 15.3 Å². The molecule has 2 aromatic rings. The van der Waals surface area contributed by atoms with Gasteiger partial charge in [-0.15, -0.1) is 0 Å². The van der Waals surface area contributed by atoms with Crippen molar-refractivity contribution >= 4 is 5.69 Å². The minimum Gasteiger partial charge on any atom is -0.312 e. The third-order valence-electron chi connectivity index (χ3n) is 3.63. The fourth-order valence-electron chi connectivity index (χ4n) is 2.46. The number of aromatic amines is 1. The quantitative estimate of drug-likeness (QED) is 0.640. The van der Waals surface area contributed by atoms with Gasteiger partial charge in [-0.3, -0.25) is 14.9 Å². The lowest BCUT2D eigenvalue weighted by Gasteiger charge is -2.16. The summed E-state index contributed by atoms with van der Waals surface area (Å²) in [7, 11) is 0. The first-order valence-electron chi connectivity index (χ1n) is 6.64. The highest BCUT2D eigenvalue weighted by molar-refractivity contribution is 5.63. The maximum Gasteiger partial charge on any atom is 0.270 e. The summed E-state index contributed by atoms with van der Waals surface area (Å²) in [6.07, 6.45) is 0.681. The van der Waals surface area contributed by atoms with E-state index in [9.17, 15) is 14.9 Å². The molecule has 1 aromatic heterocycles. The van der Waals surface area contributed by atoms with Gasteiger partial charge in [0.1, 0.15) is 5.82 Å². The van der Waals surface area contributed by atoms with E-state index in [-0.39, 0.29) is 11.2 Å². The van der Waals surface area contributed by atoms with E-state index in [4.69, 9.17) is 0 Å². The topological polar surface area (TPSA) is 101 Å². The number of nitrogens with zero attached hydrogens (tertiary/aromatic N) is 2. The third kappa shape index (κ3) is 2.43. The van der Waals surface area contributed by atoms with Crippen LogP contribution in [-0.2, 0) is 13.0 Å². The Morgan fingerprint density at radius 1 is 1.38 bits per heavy atom. The number of aromatic nitrogens is 2. The van der Waals surface area contributed by atoms with E-state index in [1.165, 1.54) is 12.1 Å². The lowest BCUT2D eigenvalue weighted by atomic mass is 10.1. The van der Waals surface area contributed by atoms with E-state index < -0.39 is 4.92 Å². The smallest absolute Gasteiger partial charge is 0.270 e. The van der Waals surface area contributed by atoms with Crippen molar-refractivity contribution in [3.63, 3.8) is 0 Å². The van der Waals surface area contributed by atoms with Crippen molar-refractivity contribution in [2.45, 2.75) is 19.9 Å². The van der Waals surface area contributed by atoms with Crippen LogP contribution in [0.1, 0.15) is 16.8 Å². The average molecular weight is 286 g/mol. The van der Waals surface area contributed by atoms with Gasteiger partial charge in [0.25, 0.3) is 11.2 Å². The lowest BCUT2D eigenvalue weighted by molar-refractivity contribution is -0.384. The van der Waals surface area contributed by atoms with Gasteiger partial charge in [0.2, 0.25) is 0 Å². The highest BCUT2D eigenvalue weighted by Gasteiger charge is 2.18. The first-order valence-corrected chi connectivity index (χ1v) is 6.64. The number of nitrogens with one attached hydrogen (secondary N) is 2. The second-order valence-corrected chi connectivity index (χ2v) is 5.02. The van der Waals surface area contributed by atoms with Crippen molar-refractivity contribution in [2.24, 2.45) is 0 Å². The standard InChI is InChI=1S/C14H14N4O3/c1-8-2-3-9(18(20)21)6-10(8)13-16-12-4-5-15-7-11(12)14(19)17-13/h2-3,6,15H,4-5,7H2,1H3,(H,16,17,19). The van der Waals surface area contributed by atoms with Gasteiger partial charge in [0, 0.05) is 37.2 Å². The van der Waals surface area contributed by atoms with Crippen LogP contribution in [0.3, 0.4) is 0 Å². The molecule has 0 saturated heterocycles. The highest BCUT2D eigenvalue weighted by Crippen LogP contribution is 2.25. The monoisotopic (exact) mass is 286 g/mol. The van der Waals surface area contributed by atoms with Crippen LogP contribution in [-0.4, -0.2) is 21.4 Å². The molecule has 108 valence electrons. The van der Waals surface area contributed by atoms with E-state index in [2.05, 4.69) is 15.3 Å². The maximum atomic E-state index is 12.1. The number of hydrogen-bond acceptors (Lipinski definition) is 5. The molecule has 0 saturated carbocycles. The summed E-state index contributed by atoms with van der Waals surface area (Å²) in [5.41, 5.74) is 2.62. The summed E-state index contributed by atoms with van der Waals surface area (Å²) in [5, 5.41) is 14.0. The van der Waals surface area contributed by atoms with Crippen molar-refractivity contribution in [3.8, 4) is 11.4 Å². The Hall–Kier alpha value is -2.54. The summed E-state index contributed by atoms with van der Waals surface area (Å²) in [5.74, 6) is 0.391. The van der Waals surface area contributed by atoms with Crippen LogP contribution in [0.4, 0.5) is 5.69 Å². The molecule has 0 bridgehead atoms. The molecular weight excluding hydrogens is 272 g/mol. The molecule has 1 aliphatic heterocycles. The molecule has 0 atom stereocenters. The Kier molecular flexibility index (Phi) is 3.26. The summed E-state index contributed by atoms with van der Waals surface area (Å²) in [6.45, 7) is 3.11. The lowest BCUT2D eigenvalue weighted by Crippen LogP contribution is -2.31. The van der Waals surface area contributed by atoms with Gasteiger partial charge in [-0.1, -0.05) is 6.07 Å². The van der Waals surface area contributed by atoms with Crippen LogP contribution in [0.15, 0.2) is 23.0 Å². The summed E-state index contributed by atoms with van der Waals surface area (Å²) in [4.78, 5) is 29.8. The second-order valence-electron chi connectivity index (χ2n) is 5.02. The predicted octanol–water partition coefficient (Wildman–Crippen LogP) is 1.30. The number of fused-ring (bicyclic) bond motifs is 1. The second kappa shape index (κ2) is 5.10. The van der Waals surface area contributed by atoms with Crippen molar-refractivity contribution < 1.29 is 4.92 Å². The molecule has 0 spiro atoms. The first-order chi connectivity index (χ1) is 10.1. The number of aryl methyl sites for hydroxylation is 1. The van der Waals surface area contributed by atoms with E-state index in [0.29, 0.717) is 29.9 Å². The average Bonchev–Trinajstić information content (AvgIpc) is 2.47. The fraction of sp³-hybridized carbons (Fsp3) is 0.286. The Balaban J connectivity index is 2.17. The molecule has 0 unspecified atom stereocenters. The van der Waals surface area contributed by atoms with Gasteiger partial charge >= 0.3 is 0 Å². The van der Waals surface area contributed by atoms with E-state index in [0.717, 1.165) is 17.8 Å². The molecule has 0 radical (unpaired) electrons. The van der Waals surface area contributed by atoms with E-state index in [1.807, 2.05) is 6.92 Å². The van der Waals surface area contributed by atoms with Crippen LogP contribution < -0.4 is 10.9 Å². The van der Waals surface area contributed by atoms with Crippen LogP contribution in [0.25, 0.3) is 11.4 Å². The predicted molar refractivity (Wildman–Crippen MR) is 77.1 cm³/mol. The maximum absolute atomic E-state index is 12.1. The van der Waals surface area contributed by atoms with Crippen LogP contribution >= 0.6 is 0 Å². The third-order valence-corrected chi connectivity index (χ3v) is 3.63. The summed E-state index contributed by atoms with van der Waals surface area (Å²) in [6, 6.07) is 4.55. The normalized spacial score (nSPS) is 13.8. The Morgan fingerprint density at radius 2 is 2.19 bits per heavy atom. The SMILES string of the molecule is Cc1ccc([N+](=O)[O-])cc1-c1nc2c(c(=O)[nH]1)CNCC2. The van der Waals surface area contributed by atoms with Crippen molar-refractivity contribution in [1.29, 1.82) is 0 Å². The molecule has 0 aliphatic carbocycles. The summed E-state index contributed by atoms with van der Waals surface area (Å²) >= 11 is 0. The van der Waals surface area contributed by atoms with Crippen molar-refractivity contribution in [2.75, 3.05) is 6.54 Å². The molecule has 2 N–H and O–H groups in total. The molecule has 1 aliphatic rings. The molecular formula is C14H14N4O3. The number of rotatable bonds is 2. The molecule has 7 nitrogen and oxygen atoms in total. The number of hydrogen-bond donors (Lipinski definition) is 2. The molecule has 0 amide bonds. The summed E-state index contributed by atoms with van der Waals surface area (Å²) < 4.78 is 0. The van der Waals surface area contributed by atoms with Gasteiger partial charge in [0.05, 0.1) is 16.2 Å². The molecule has 3 rings (SSSR count). The van der Waals surface area contributed by atoms with Crippen LogP contribution in [0.5, 0.6) is 0 Å². The largest absolute Gasteiger partial charge is 0.312 e. The number of benzene rings is 1. The van der Waals surface area contributed by atoms with Gasteiger partial charge in [-0.25, -0.2) is 4.98 Å². The van der Waals surface area contributed by atoms with Crippen LogP contribution in [0.2, 0.25) is 0 Å². The zero-order chi connectivity index (χ0) is 15.0. The number of H-pyrrole nitrogens is 1. The van der Waals surface area contributed by atoms with E-state index >= 15 is 0 Å². The molecule has 7 heteroatoms. The number of non-ortho nitro benzene ring substituents is 1. The Morgan fingerprint density at radius 3 is 2.95 bits per heavy atom. The zero-order valence-corrected chi connectivity index (χ0v) is 11.5. The van der Waals surface area contributed by atoms with Crippen molar-refractivity contribution in [3.05, 3.63) is 55.5 Å². The molecule has 21 heavy (non-hydrogen) atoms.